The van der Waals surface area contributed by atoms with E-state index in [9.17, 15) is 15.0 Å². The highest BCUT2D eigenvalue weighted by Gasteiger charge is 2.32. The fraction of sp³-hybridized carbons (Fsp3) is 0.500. The van der Waals surface area contributed by atoms with Gasteiger partial charge in [0.25, 0.3) is 5.91 Å². The van der Waals surface area contributed by atoms with Crippen molar-refractivity contribution >= 4 is 5.91 Å². The lowest BCUT2D eigenvalue weighted by atomic mass is 9.86. The predicted octanol–water partition coefficient (Wildman–Crippen LogP) is 1.35. The van der Waals surface area contributed by atoms with Crippen LogP contribution < -0.4 is 11.1 Å². The number of benzene rings is 1. The smallest absolute Gasteiger partial charge is 0.255 e. The topological polar surface area (TPSA) is 95.6 Å². The summed E-state index contributed by atoms with van der Waals surface area (Å²) in [6.45, 7) is 1.07. The van der Waals surface area contributed by atoms with Crippen LogP contribution in [0.2, 0.25) is 0 Å². The van der Waals surface area contributed by atoms with E-state index in [1.54, 1.807) is 0 Å². The highest BCUT2D eigenvalue weighted by atomic mass is 16.3. The van der Waals surface area contributed by atoms with Crippen molar-refractivity contribution in [2.45, 2.75) is 25.7 Å². The summed E-state index contributed by atoms with van der Waals surface area (Å²) < 4.78 is 0. The van der Waals surface area contributed by atoms with Crippen molar-refractivity contribution in [1.82, 2.24) is 5.32 Å². The molecule has 1 saturated carbocycles. The minimum Gasteiger partial charge on any atom is -0.508 e. The third kappa shape index (κ3) is 2.98. The summed E-state index contributed by atoms with van der Waals surface area (Å²) in [4.78, 5) is 12.0. The molecule has 0 atom stereocenters. The molecule has 5 heteroatoms. The first-order chi connectivity index (χ1) is 9.06. The molecule has 2 rings (SSSR count). The van der Waals surface area contributed by atoms with Crippen molar-refractivity contribution in [2.24, 2.45) is 11.1 Å². The summed E-state index contributed by atoms with van der Waals surface area (Å²) in [5.41, 5.74) is 5.88. The van der Waals surface area contributed by atoms with Crippen LogP contribution in [-0.4, -0.2) is 29.2 Å². The van der Waals surface area contributed by atoms with Gasteiger partial charge in [-0.3, -0.25) is 4.79 Å². The Balaban J connectivity index is 2.03. The second-order valence-electron chi connectivity index (χ2n) is 5.30. The monoisotopic (exact) mass is 264 g/mol. The number of phenols is 2. The molecule has 1 fully saturated rings. The summed E-state index contributed by atoms with van der Waals surface area (Å²) in [5.74, 6) is -0.561. The molecular formula is C14H20N2O3. The largest absolute Gasteiger partial charge is 0.508 e. The number of aromatic hydroxyl groups is 2. The van der Waals surface area contributed by atoms with E-state index in [0.717, 1.165) is 25.7 Å². The summed E-state index contributed by atoms with van der Waals surface area (Å²) >= 11 is 0. The second kappa shape index (κ2) is 5.48. The van der Waals surface area contributed by atoms with Gasteiger partial charge < -0.3 is 21.3 Å². The lowest BCUT2D eigenvalue weighted by Gasteiger charge is -2.27. The number of amides is 1. The van der Waals surface area contributed by atoms with Crippen LogP contribution in [0.15, 0.2) is 18.2 Å². The fourth-order valence-electron chi connectivity index (χ4n) is 2.65. The Morgan fingerprint density at radius 3 is 2.63 bits per heavy atom. The minimum atomic E-state index is -0.381. The summed E-state index contributed by atoms with van der Waals surface area (Å²) in [6.07, 6.45) is 4.33. The van der Waals surface area contributed by atoms with Gasteiger partial charge >= 0.3 is 0 Å². The van der Waals surface area contributed by atoms with Crippen molar-refractivity contribution in [2.75, 3.05) is 13.1 Å². The summed E-state index contributed by atoms with van der Waals surface area (Å²) in [6, 6.07) is 3.90. The normalized spacial score (nSPS) is 17.3. The lowest BCUT2D eigenvalue weighted by Crippen LogP contribution is -2.40. The van der Waals surface area contributed by atoms with Crippen LogP contribution in [0.5, 0.6) is 11.5 Å². The molecule has 5 nitrogen and oxygen atoms in total. The zero-order chi connectivity index (χ0) is 13.9. The highest BCUT2D eigenvalue weighted by molar-refractivity contribution is 5.97. The van der Waals surface area contributed by atoms with E-state index in [0.29, 0.717) is 13.1 Å². The van der Waals surface area contributed by atoms with Crippen molar-refractivity contribution in [3.63, 3.8) is 0 Å². The van der Waals surface area contributed by atoms with E-state index in [2.05, 4.69) is 5.32 Å². The number of hydrogen-bond donors (Lipinski definition) is 4. The van der Waals surface area contributed by atoms with Gasteiger partial charge in [-0.2, -0.15) is 0 Å². The van der Waals surface area contributed by atoms with Crippen LogP contribution in [0.25, 0.3) is 0 Å². The van der Waals surface area contributed by atoms with E-state index in [4.69, 9.17) is 5.73 Å². The third-order valence-electron chi connectivity index (χ3n) is 3.95. The molecular weight excluding hydrogens is 244 g/mol. The molecule has 1 aromatic rings. The number of nitrogens with one attached hydrogen (secondary N) is 1. The zero-order valence-electron chi connectivity index (χ0n) is 10.9. The maximum atomic E-state index is 12.0. The van der Waals surface area contributed by atoms with Gasteiger partial charge in [-0.1, -0.05) is 12.8 Å². The maximum Gasteiger partial charge on any atom is 0.255 e. The van der Waals surface area contributed by atoms with Gasteiger partial charge in [-0.25, -0.2) is 0 Å². The molecule has 0 heterocycles. The van der Waals surface area contributed by atoms with Gasteiger partial charge in [0.15, 0.2) is 0 Å². The first-order valence-electron chi connectivity index (χ1n) is 6.57. The van der Waals surface area contributed by atoms with E-state index in [-0.39, 0.29) is 28.4 Å². The van der Waals surface area contributed by atoms with Crippen LogP contribution in [0.4, 0.5) is 0 Å². The van der Waals surface area contributed by atoms with Crippen LogP contribution in [0.1, 0.15) is 36.0 Å². The van der Waals surface area contributed by atoms with Crippen LogP contribution in [0, 0.1) is 5.41 Å². The molecule has 5 N–H and O–H groups in total. The van der Waals surface area contributed by atoms with Gasteiger partial charge in [0.2, 0.25) is 0 Å². The van der Waals surface area contributed by atoms with Gasteiger partial charge in [0, 0.05) is 6.54 Å². The molecule has 0 aromatic heterocycles. The Morgan fingerprint density at radius 1 is 1.32 bits per heavy atom. The molecule has 0 aliphatic heterocycles. The Labute approximate surface area is 112 Å². The second-order valence-corrected chi connectivity index (χ2v) is 5.30. The average molecular weight is 264 g/mol. The van der Waals surface area contributed by atoms with E-state index >= 15 is 0 Å². The number of rotatable bonds is 4. The Morgan fingerprint density at radius 2 is 2.00 bits per heavy atom. The number of carbonyl (C=O) groups is 1. The number of carbonyl (C=O) groups excluding carboxylic acids is 1. The van der Waals surface area contributed by atoms with Gasteiger partial charge in [-0.15, -0.1) is 0 Å². The molecule has 0 unspecified atom stereocenters. The first-order valence-corrected chi connectivity index (χ1v) is 6.57. The van der Waals surface area contributed by atoms with Gasteiger partial charge in [0.05, 0.1) is 5.56 Å². The van der Waals surface area contributed by atoms with Crippen molar-refractivity contribution in [3.8, 4) is 11.5 Å². The van der Waals surface area contributed by atoms with Gasteiger partial charge in [0.1, 0.15) is 11.5 Å². The molecule has 1 amide bonds. The van der Waals surface area contributed by atoms with Gasteiger partial charge in [-0.05, 0) is 43.0 Å². The van der Waals surface area contributed by atoms with E-state index in [1.165, 1.54) is 18.2 Å². The average Bonchev–Trinajstić information content (AvgIpc) is 2.88. The lowest BCUT2D eigenvalue weighted by molar-refractivity contribution is 0.0929. The molecule has 1 aliphatic carbocycles. The molecule has 1 aliphatic rings. The Bertz CT molecular complexity index is 468. The van der Waals surface area contributed by atoms with E-state index < -0.39 is 0 Å². The summed E-state index contributed by atoms with van der Waals surface area (Å²) in [5, 5.41) is 21.8. The third-order valence-corrected chi connectivity index (χ3v) is 3.95. The molecule has 19 heavy (non-hydrogen) atoms. The summed E-state index contributed by atoms with van der Waals surface area (Å²) in [7, 11) is 0. The van der Waals surface area contributed by atoms with Crippen LogP contribution in [0.3, 0.4) is 0 Å². The maximum absolute atomic E-state index is 12.0. The molecule has 0 spiro atoms. The quantitative estimate of drug-likeness (QED) is 0.617. The van der Waals surface area contributed by atoms with Crippen molar-refractivity contribution < 1.29 is 15.0 Å². The van der Waals surface area contributed by atoms with E-state index in [1.807, 2.05) is 0 Å². The van der Waals surface area contributed by atoms with Crippen LogP contribution in [-0.2, 0) is 0 Å². The molecule has 0 bridgehead atoms. The SMILES string of the molecule is NCC1(CNC(=O)c2cc(O)ccc2O)CCCC1. The Kier molecular flexibility index (Phi) is 3.95. The first kappa shape index (κ1) is 13.7. The molecule has 1 aromatic carbocycles. The Hall–Kier alpha value is -1.75. The van der Waals surface area contributed by atoms with Crippen molar-refractivity contribution in [3.05, 3.63) is 23.8 Å². The number of hydrogen-bond acceptors (Lipinski definition) is 4. The molecule has 104 valence electrons. The van der Waals surface area contributed by atoms with Crippen LogP contribution >= 0.6 is 0 Å². The standard InChI is InChI=1S/C14H20N2O3/c15-8-14(5-1-2-6-14)9-16-13(19)11-7-10(17)3-4-12(11)18/h3-4,7,17-18H,1-2,5-6,8-9,15H2,(H,16,19). The van der Waals surface area contributed by atoms with Crippen molar-refractivity contribution in [1.29, 1.82) is 0 Å². The fourth-order valence-corrected chi connectivity index (χ4v) is 2.65. The highest BCUT2D eigenvalue weighted by Crippen LogP contribution is 2.36. The minimum absolute atomic E-state index is 0.0118. The molecule has 0 radical (unpaired) electrons. The predicted molar refractivity (Wildman–Crippen MR) is 72.1 cm³/mol. The number of phenolic OH excluding ortho intramolecular Hbond substituents is 2. The zero-order valence-corrected chi connectivity index (χ0v) is 10.9. The molecule has 0 saturated heterocycles. The number of nitrogens with two attached hydrogens (primary N) is 1.